The van der Waals surface area contributed by atoms with Crippen LogP contribution in [0.15, 0.2) is 72.9 Å². The van der Waals surface area contributed by atoms with Gasteiger partial charge in [-0.2, -0.15) is 0 Å². The minimum atomic E-state index is -0.789. The van der Waals surface area contributed by atoms with E-state index in [0.717, 1.165) is 96.3 Å². The maximum atomic E-state index is 12.9. The van der Waals surface area contributed by atoms with Crippen LogP contribution in [0, 0.1) is 0 Å². The second kappa shape index (κ2) is 62.4. The molecule has 0 radical (unpaired) electrons. The van der Waals surface area contributed by atoms with Crippen LogP contribution in [0.5, 0.6) is 0 Å². The van der Waals surface area contributed by atoms with Gasteiger partial charge in [0.15, 0.2) is 6.10 Å². The maximum absolute atomic E-state index is 12.9. The molecule has 1 atom stereocenters. The lowest BCUT2D eigenvalue weighted by Crippen LogP contribution is -2.30. The first-order valence-electron chi connectivity index (χ1n) is 31.9. The van der Waals surface area contributed by atoms with E-state index in [0.29, 0.717) is 19.3 Å². The van der Waals surface area contributed by atoms with Crippen molar-refractivity contribution in [3.63, 3.8) is 0 Å². The van der Waals surface area contributed by atoms with E-state index in [1.165, 1.54) is 186 Å². The molecule has 0 rings (SSSR count). The molecule has 0 spiro atoms. The van der Waals surface area contributed by atoms with E-state index in [4.69, 9.17) is 14.2 Å². The van der Waals surface area contributed by atoms with Gasteiger partial charge in [-0.1, -0.05) is 261 Å². The molecule has 0 N–H and O–H groups in total. The summed E-state index contributed by atoms with van der Waals surface area (Å²) in [6, 6.07) is 0. The topological polar surface area (TPSA) is 78.9 Å². The Hall–Kier alpha value is -3.15. The number of rotatable bonds is 58. The Labute approximate surface area is 459 Å². The monoisotopic (exact) mass is 1030 g/mol. The minimum absolute atomic E-state index is 0.0866. The van der Waals surface area contributed by atoms with Gasteiger partial charge in [0.2, 0.25) is 0 Å². The second-order valence-electron chi connectivity index (χ2n) is 21.3. The molecule has 6 heteroatoms. The molecular formula is C68H120O6. The minimum Gasteiger partial charge on any atom is -0.462 e. The predicted molar refractivity (Wildman–Crippen MR) is 321 cm³/mol. The van der Waals surface area contributed by atoms with Gasteiger partial charge in [-0.25, -0.2) is 0 Å². The van der Waals surface area contributed by atoms with E-state index in [1.807, 2.05) is 0 Å². The molecule has 0 heterocycles. The lowest BCUT2D eigenvalue weighted by Gasteiger charge is -2.18. The van der Waals surface area contributed by atoms with E-state index in [9.17, 15) is 14.4 Å². The van der Waals surface area contributed by atoms with Gasteiger partial charge in [-0.05, 0) is 116 Å². The summed E-state index contributed by atoms with van der Waals surface area (Å²) in [7, 11) is 0. The van der Waals surface area contributed by atoms with Gasteiger partial charge in [0.25, 0.3) is 0 Å². The Bertz CT molecular complexity index is 1370. The molecule has 0 bridgehead atoms. The number of hydrogen-bond acceptors (Lipinski definition) is 6. The van der Waals surface area contributed by atoms with E-state index >= 15 is 0 Å². The van der Waals surface area contributed by atoms with E-state index in [-0.39, 0.29) is 31.1 Å². The molecule has 0 aromatic heterocycles. The van der Waals surface area contributed by atoms with Crippen molar-refractivity contribution < 1.29 is 28.6 Å². The summed E-state index contributed by atoms with van der Waals surface area (Å²) in [5.41, 5.74) is 0. The molecule has 0 aromatic rings. The van der Waals surface area contributed by atoms with Crippen molar-refractivity contribution in [2.24, 2.45) is 0 Å². The number of esters is 3. The number of allylic oxidation sites excluding steroid dienone is 12. The van der Waals surface area contributed by atoms with Gasteiger partial charge in [0.05, 0.1) is 0 Å². The van der Waals surface area contributed by atoms with Crippen molar-refractivity contribution in [3.8, 4) is 0 Å². The maximum Gasteiger partial charge on any atom is 0.306 e. The molecule has 1 unspecified atom stereocenters. The number of carbonyl (C=O) groups is 3. The third-order valence-corrected chi connectivity index (χ3v) is 13.9. The van der Waals surface area contributed by atoms with Crippen LogP contribution in [0.3, 0.4) is 0 Å². The van der Waals surface area contributed by atoms with Gasteiger partial charge in [-0.15, -0.1) is 0 Å². The zero-order valence-corrected chi connectivity index (χ0v) is 49.1. The first-order valence-corrected chi connectivity index (χ1v) is 31.9. The molecule has 0 aliphatic heterocycles. The van der Waals surface area contributed by atoms with Crippen LogP contribution in [0.1, 0.15) is 323 Å². The summed E-state index contributed by atoms with van der Waals surface area (Å²) in [6.45, 7) is 6.62. The van der Waals surface area contributed by atoms with Gasteiger partial charge >= 0.3 is 17.9 Å². The Morgan fingerprint density at radius 1 is 0.270 bits per heavy atom. The SMILES string of the molecule is CCCCCC/C=C\C/C=C\CCCCCCCC(=O)OCC(COC(=O)CCCCCCCC/C=C\C/C=C\C/C=C\CCCCCCC)OC(=O)CCCCCCCCCCC/C=C\CCCCCCCC. The number of hydrogen-bond donors (Lipinski definition) is 0. The second-order valence-corrected chi connectivity index (χ2v) is 21.3. The van der Waals surface area contributed by atoms with Crippen molar-refractivity contribution in [3.05, 3.63) is 72.9 Å². The summed E-state index contributed by atoms with van der Waals surface area (Å²) < 4.78 is 16.9. The number of unbranched alkanes of at least 4 members (excludes halogenated alkanes) is 35. The summed E-state index contributed by atoms with van der Waals surface area (Å²) >= 11 is 0. The highest BCUT2D eigenvalue weighted by molar-refractivity contribution is 5.71. The first kappa shape index (κ1) is 70.8. The molecule has 0 amide bonds. The standard InChI is InChI=1S/C68H120O6/c1-4-7-10-13-16-19-22-25-28-31-33-34-36-37-40-43-46-49-52-55-58-61-67(70)73-64-65(63-72-66(69)60-57-54-51-48-45-42-39-30-27-24-21-18-15-12-9-6-3)74-68(71)62-59-56-53-50-47-44-41-38-35-32-29-26-23-20-17-14-11-8-5-2/h21-22,24-26,29-31,33,36-37,39,65H,4-20,23,27-28,32,34-35,38,40-64H2,1-3H3/b24-21-,25-22-,29-26-,33-31-,37-36-,39-30-. The van der Waals surface area contributed by atoms with Crippen LogP contribution >= 0.6 is 0 Å². The largest absolute Gasteiger partial charge is 0.462 e. The van der Waals surface area contributed by atoms with Crippen molar-refractivity contribution in [2.75, 3.05) is 13.2 Å². The van der Waals surface area contributed by atoms with E-state index < -0.39 is 6.10 Å². The Morgan fingerprint density at radius 3 is 0.784 bits per heavy atom. The third kappa shape index (κ3) is 59.7. The Balaban J connectivity index is 4.41. The molecule has 428 valence electrons. The zero-order chi connectivity index (χ0) is 53.6. The summed E-state index contributed by atoms with van der Waals surface area (Å²) in [6.07, 6.45) is 80.4. The molecule has 0 aliphatic rings. The summed E-state index contributed by atoms with van der Waals surface area (Å²) in [5, 5.41) is 0. The van der Waals surface area contributed by atoms with Gasteiger partial charge in [0, 0.05) is 19.3 Å². The average Bonchev–Trinajstić information content (AvgIpc) is 3.40. The summed E-state index contributed by atoms with van der Waals surface area (Å²) in [4.78, 5) is 38.3. The third-order valence-electron chi connectivity index (χ3n) is 13.9. The van der Waals surface area contributed by atoms with Gasteiger partial charge < -0.3 is 14.2 Å². The molecule has 6 nitrogen and oxygen atoms in total. The number of carbonyl (C=O) groups excluding carboxylic acids is 3. The zero-order valence-electron chi connectivity index (χ0n) is 49.1. The molecule has 0 fully saturated rings. The molecule has 74 heavy (non-hydrogen) atoms. The number of ether oxygens (including phenoxy) is 3. The van der Waals surface area contributed by atoms with Crippen molar-refractivity contribution >= 4 is 17.9 Å². The molecule has 0 aliphatic carbocycles. The molecule has 0 saturated heterocycles. The van der Waals surface area contributed by atoms with Crippen molar-refractivity contribution in [1.82, 2.24) is 0 Å². The highest BCUT2D eigenvalue weighted by Gasteiger charge is 2.19. The fraction of sp³-hybridized carbons (Fsp3) is 0.779. The molecular weight excluding hydrogens is 913 g/mol. The lowest BCUT2D eigenvalue weighted by molar-refractivity contribution is -0.167. The predicted octanol–water partition coefficient (Wildman–Crippen LogP) is 21.7. The highest BCUT2D eigenvalue weighted by Crippen LogP contribution is 2.16. The van der Waals surface area contributed by atoms with Crippen LogP contribution in [0.2, 0.25) is 0 Å². The highest BCUT2D eigenvalue weighted by atomic mass is 16.6. The Morgan fingerprint density at radius 2 is 0.486 bits per heavy atom. The van der Waals surface area contributed by atoms with Crippen LogP contribution in [-0.4, -0.2) is 37.2 Å². The molecule has 0 saturated carbocycles. The van der Waals surface area contributed by atoms with Crippen molar-refractivity contribution in [1.29, 1.82) is 0 Å². The quantitative estimate of drug-likeness (QED) is 0.0261. The fourth-order valence-corrected chi connectivity index (χ4v) is 9.06. The van der Waals surface area contributed by atoms with Crippen LogP contribution in [0.25, 0.3) is 0 Å². The van der Waals surface area contributed by atoms with Gasteiger partial charge in [-0.3, -0.25) is 14.4 Å². The van der Waals surface area contributed by atoms with Gasteiger partial charge in [0.1, 0.15) is 13.2 Å². The average molecular weight is 1030 g/mol. The lowest BCUT2D eigenvalue weighted by atomic mass is 10.1. The van der Waals surface area contributed by atoms with Crippen LogP contribution in [-0.2, 0) is 28.6 Å². The Kier molecular flexibility index (Phi) is 59.7. The molecule has 0 aromatic carbocycles. The van der Waals surface area contributed by atoms with Crippen LogP contribution in [0.4, 0.5) is 0 Å². The normalized spacial score (nSPS) is 12.5. The fourth-order valence-electron chi connectivity index (χ4n) is 9.06. The van der Waals surface area contributed by atoms with E-state index in [2.05, 4.69) is 93.7 Å². The van der Waals surface area contributed by atoms with E-state index in [1.54, 1.807) is 0 Å². The van der Waals surface area contributed by atoms with Crippen molar-refractivity contribution in [2.45, 2.75) is 329 Å². The first-order chi connectivity index (χ1) is 36.5. The van der Waals surface area contributed by atoms with Crippen LogP contribution < -0.4 is 0 Å². The summed E-state index contributed by atoms with van der Waals surface area (Å²) in [5.74, 6) is -0.900. The smallest absolute Gasteiger partial charge is 0.306 e.